The van der Waals surface area contributed by atoms with E-state index in [1.165, 1.54) is 0 Å². The number of halogens is 1. The molecular weight excluding hydrogens is 408 g/mol. The Morgan fingerprint density at radius 3 is 2.55 bits per heavy atom. The van der Waals surface area contributed by atoms with Gasteiger partial charge in [0.1, 0.15) is 0 Å². The van der Waals surface area contributed by atoms with Gasteiger partial charge in [-0.1, -0.05) is 35.9 Å². The Balaban J connectivity index is 1.83. The van der Waals surface area contributed by atoms with E-state index >= 15 is 0 Å². The lowest BCUT2D eigenvalue weighted by atomic mass is 10.1. The molecule has 0 spiro atoms. The third-order valence-electron chi connectivity index (χ3n) is 5.33. The third kappa shape index (κ3) is 5.04. The number of aromatic nitrogens is 2. The molecule has 3 rings (SSSR count). The first kappa shape index (κ1) is 22.3. The molecule has 0 N–H and O–H groups in total. The molecule has 3 aromatic rings. The van der Waals surface area contributed by atoms with Gasteiger partial charge >= 0.3 is 0 Å². The SMILES string of the molecule is C=CCN(Cc1ccc(C#N)cc1)C(=O)Cc1c(C)nn(-c2ccc(C)c(Cl)c2)c1C. The largest absolute Gasteiger partial charge is 0.334 e. The topological polar surface area (TPSA) is 61.9 Å². The molecule has 31 heavy (non-hydrogen) atoms. The predicted octanol–water partition coefficient (Wildman–Crippen LogP) is 5.08. The summed E-state index contributed by atoms with van der Waals surface area (Å²) in [6.45, 7) is 10.5. The van der Waals surface area contributed by atoms with Crippen LogP contribution in [0.25, 0.3) is 5.69 Å². The number of amides is 1. The minimum absolute atomic E-state index is 0.00283. The summed E-state index contributed by atoms with van der Waals surface area (Å²) in [5.74, 6) is -0.00283. The van der Waals surface area contributed by atoms with Crippen LogP contribution in [0.15, 0.2) is 55.1 Å². The number of rotatable bonds is 7. The monoisotopic (exact) mass is 432 g/mol. The van der Waals surface area contributed by atoms with E-state index in [1.54, 1.807) is 23.1 Å². The van der Waals surface area contributed by atoms with E-state index in [0.717, 1.165) is 33.8 Å². The lowest BCUT2D eigenvalue weighted by molar-refractivity contribution is -0.130. The van der Waals surface area contributed by atoms with Crippen molar-refractivity contribution in [3.8, 4) is 11.8 Å². The average molecular weight is 433 g/mol. The first-order valence-electron chi connectivity index (χ1n) is 10.0. The van der Waals surface area contributed by atoms with E-state index in [-0.39, 0.29) is 12.3 Å². The zero-order valence-corrected chi connectivity index (χ0v) is 18.8. The molecule has 0 unspecified atom stereocenters. The van der Waals surface area contributed by atoms with Crippen molar-refractivity contribution in [3.63, 3.8) is 0 Å². The number of benzene rings is 2. The Labute approximate surface area is 188 Å². The van der Waals surface area contributed by atoms with Crippen molar-refractivity contribution in [3.05, 3.63) is 93.8 Å². The summed E-state index contributed by atoms with van der Waals surface area (Å²) >= 11 is 6.29. The van der Waals surface area contributed by atoms with E-state index in [1.807, 2.05) is 55.8 Å². The van der Waals surface area contributed by atoms with Crippen molar-refractivity contribution in [1.82, 2.24) is 14.7 Å². The number of hydrogen-bond donors (Lipinski definition) is 0. The van der Waals surface area contributed by atoms with Crippen molar-refractivity contribution in [2.45, 2.75) is 33.7 Å². The van der Waals surface area contributed by atoms with Gasteiger partial charge in [0.05, 0.1) is 29.4 Å². The van der Waals surface area contributed by atoms with Crippen LogP contribution >= 0.6 is 11.6 Å². The molecule has 1 amide bonds. The van der Waals surface area contributed by atoms with Gasteiger partial charge in [0.25, 0.3) is 0 Å². The second-order valence-corrected chi connectivity index (χ2v) is 7.95. The number of carbonyl (C=O) groups is 1. The summed E-state index contributed by atoms with van der Waals surface area (Å²) in [5, 5.41) is 14.3. The van der Waals surface area contributed by atoms with Gasteiger partial charge in [-0.3, -0.25) is 4.79 Å². The van der Waals surface area contributed by atoms with E-state index < -0.39 is 0 Å². The van der Waals surface area contributed by atoms with E-state index in [2.05, 4.69) is 17.7 Å². The molecule has 0 saturated heterocycles. The van der Waals surface area contributed by atoms with Gasteiger partial charge in [-0.2, -0.15) is 10.4 Å². The van der Waals surface area contributed by atoms with Crippen molar-refractivity contribution < 1.29 is 4.79 Å². The fraction of sp³-hybridized carbons (Fsp3) is 0.240. The fourth-order valence-electron chi connectivity index (χ4n) is 3.47. The highest BCUT2D eigenvalue weighted by Crippen LogP contribution is 2.23. The van der Waals surface area contributed by atoms with Crippen LogP contribution in [0.1, 0.15) is 33.6 Å². The van der Waals surface area contributed by atoms with Gasteiger partial charge in [-0.25, -0.2) is 4.68 Å². The fourth-order valence-corrected chi connectivity index (χ4v) is 3.65. The van der Waals surface area contributed by atoms with E-state index in [4.69, 9.17) is 16.9 Å². The van der Waals surface area contributed by atoms with E-state index in [0.29, 0.717) is 23.7 Å². The molecular formula is C25H25ClN4O. The molecule has 1 aromatic heterocycles. The molecule has 6 heteroatoms. The maximum atomic E-state index is 13.1. The van der Waals surface area contributed by atoms with Crippen LogP contribution in [0.3, 0.4) is 0 Å². The Hall–Kier alpha value is -3.36. The van der Waals surface area contributed by atoms with Gasteiger partial charge in [-0.05, 0) is 56.2 Å². The summed E-state index contributed by atoms with van der Waals surface area (Å²) in [6, 6.07) is 15.2. The van der Waals surface area contributed by atoms with Crippen LogP contribution in [0.4, 0.5) is 0 Å². The highest BCUT2D eigenvalue weighted by Gasteiger charge is 2.20. The number of nitriles is 1. The van der Waals surface area contributed by atoms with Crippen molar-refractivity contribution >= 4 is 17.5 Å². The van der Waals surface area contributed by atoms with Gasteiger partial charge < -0.3 is 4.90 Å². The second kappa shape index (κ2) is 9.63. The zero-order chi connectivity index (χ0) is 22.5. The molecule has 0 aliphatic heterocycles. The molecule has 0 bridgehead atoms. The Morgan fingerprint density at radius 2 is 1.94 bits per heavy atom. The minimum Gasteiger partial charge on any atom is -0.334 e. The minimum atomic E-state index is -0.00283. The van der Waals surface area contributed by atoms with Gasteiger partial charge in [0.15, 0.2) is 0 Å². The molecule has 158 valence electrons. The normalized spacial score (nSPS) is 10.5. The summed E-state index contributed by atoms with van der Waals surface area (Å²) in [5.41, 5.74) is 6.09. The molecule has 0 aliphatic carbocycles. The number of hydrogen-bond acceptors (Lipinski definition) is 3. The van der Waals surface area contributed by atoms with Crippen LogP contribution in [0.2, 0.25) is 5.02 Å². The summed E-state index contributed by atoms with van der Waals surface area (Å²) in [4.78, 5) is 14.9. The summed E-state index contributed by atoms with van der Waals surface area (Å²) < 4.78 is 1.84. The number of aryl methyl sites for hydroxylation is 2. The third-order valence-corrected chi connectivity index (χ3v) is 5.74. The van der Waals surface area contributed by atoms with Crippen LogP contribution < -0.4 is 0 Å². The Kier molecular flexibility index (Phi) is 6.94. The molecule has 5 nitrogen and oxygen atoms in total. The molecule has 0 saturated carbocycles. The first-order valence-corrected chi connectivity index (χ1v) is 10.4. The van der Waals surface area contributed by atoms with Crippen LogP contribution in [0.5, 0.6) is 0 Å². The maximum absolute atomic E-state index is 13.1. The number of nitrogens with zero attached hydrogens (tertiary/aromatic N) is 4. The number of carbonyl (C=O) groups excluding carboxylic acids is 1. The standard InChI is InChI=1S/C25H25ClN4O/c1-5-12-29(16-21-9-7-20(15-27)8-10-21)25(31)14-23-18(3)28-30(19(23)4)22-11-6-17(2)24(26)13-22/h5-11,13H,1,12,14,16H2,2-4H3. The highest BCUT2D eigenvalue weighted by atomic mass is 35.5. The van der Waals surface area contributed by atoms with E-state index in [9.17, 15) is 4.79 Å². The quantitative estimate of drug-likeness (QED) is 0.489. The first-order chi connectivity index (χ1) is 14.8. The highest BCUT2D eigenvalue weighted by molar-refractivity contribution is 6.31. The van der Waals surface area contributed by atoms with Gasteiger partial charge in [-0.15, -0.1) is 6.58 Å². The van der Waals surface area contributed by atoms with Crippen LogP contribution in [-0.4, -0.2) is 27.1 Å². The summed E-state index contributed by atoms with van der Waals surface area (Å²) in [6.07, 6.45) is 1.97. The smallest absolute Gasteiger partial charge is 0.227 e. The maximum Gasteiger partial charge on any atom is 0.227 e. The molecule has 1 heterocycles. The second-order valence-electron chi connectivity index (χ2n) is 7.54. The van der Waals surface area contributed by atoms with Crippen LogP contribution in [0, 0.1) is 32.1 Å². The van der Waals surface area contributed by atoms with Crippen LogP contribution in [-0.2, 0) is 17.8 Å². The molecule has 0 radical (unpaired) electrons. The zero-order valence-electron chi connectivity index (χ0n) is 18.0. The molecule has 0 aliphatic rings. The molecule has 2 aromatic carbocycles. The lowest BCUT2D eigenvalue weighted by Crippen LogP contribution is -2.32. The van der Waals surface area contributed by atoms with Gasteiger partial charge in [0.2, 0.25) is 5.91 Å². The summed E-state index contributed by atoms with van der Waals surface area (Å²) in [7, 11) is 0. The van der Waals surface area contributed by atoms with Crippen molar-refractivity contribution in [2.24, 2.45) is 0 Å². The lowest BCUT2D eigenvalue weighted by Gasteiger charge is -2.21. The molecule has 0 fully saturated rings. The van der Waals surface area contributed by atoms with Crippen molar-refractivity contribution in [2.75, 3.05) is 6.54 Å². The Bertz CT molecular complexity index is 1160. The predicted molar refractivity (Wildman–Crippen MR) is 123 cm³/mol. The Morgan fingerprint density at radius 1 is 1.23 bits per heavy atom. The molecule has 0 atom stereocenters. The average Bonchev–Trinajstić information content (AvgIpc) is 3.04. The van der Waals surface area contributed by atoms with Crippen molar-refractivity contribution in [1.29, 1.82) is 5.26 Å². The van der Waals surface area contributed by atoms with Gasteiger partial charge in [0, 0.05) is 29.4 Å².